The van der Waals surface area contributed by atoms with Gasteiger partial charge in [0.1, 0.15) is 10.7 Å². The molecule has 1 aromatic heterocycles. The fraction of sp³-hybridized carbons (Fsp3) is 0.444. The van der Waals surface area contributed by atoms with Crippen LogP contribution in [0.1, 0.15) is 42.7 Å². The minimum Gasteiger partial charge on any atom is -0.332 e. The molecule has 4 nitrogen and oxygen atoms in total. The second kappa shape index (κ2) is 9.53. The van der Waals surface area contributed by atoms with Crippen molar-refractivity contribution in [2.24, 2.45) is 0 Å². The molecule has 0 saturated carbocycles. The van der Waals surface area contributed by atoms with Crippen LogP contribution >= 0.6 is 36.2 Å². The number of thiazole rings is 1. The summed E-state index contributed by atoms with van der Waals surface area (Å²) in [6.45, 7) is 8.88. The molecule has 1 amide bonds. The number of hydrogen-bond acceptors (Lipinski definition) is 4. The van der Waals surface area contributed by atoms with E-state index < -0.39 is 0 Å². The Hall–Kier alpha value is -1.14. The van der Waals surface area contributed by atoms with Gasteiger partial charge in [0, 0.05) is 36.6 Å². The minimum absolute atomic E-state index is 0. The topological polar surface area (TPSA) is 45.2 Å². The Morgan fingerprint density at radius 2 is 1.96 bits per heavy atom. The molecule has 1 atom stereocenters. The van der Waals surface area contributed by atoms with E-state index in [1.54, 1.807) is 0 Å². The maximum atomic E-state index is 12.6. The van der Waals surface area contributed by atoms with Gasteiger partial charge in [-0.25, -0.2) is 4.98 Å². The zero-order valence-electron chi connectivity index (χ0n) is 14.7. The summed E-state index contributed by atoms with van der Waals surface area (Å²) in [5, 5.41) is 6.09. The Labute approximate surface area is 165 Å². The van der Waals surface area contributed by atoms with E-state index >= 15 is 0 Å². The molecule has 3 rings (SSSR count). The van der Waals surface area contributed by atoms with Gasteiger partial charge in [-0.15, -0.1) is 36.2 Å². The highest BCUT2D eigenvalue weighted by atomic mass is 35.5. The number of rotatable bonds is 3. The predicted octanol–water partition coefficient (Wildman–Crippen LogP) is 4.21. The summed E-state index contributed by atoms with van der Waals surface area (Å²) in [7, 11) is 0. The highest BCUT2D eigenvalue weighted by Crippen LogP contribution is 2.26. The molecular formula is C18H25Cl2N3OS. The molecule has 1 aliphatic rings. The van der Waals surface area contributed by atoms with E-state index in [9.17, 15) is 4.79 Å². The molecule has 138 valence electrons. The molecule has 0 spiro atoms. The highest BCUT2D eigenvalue weighted by Gasteiger charge is 2.25. The van der Waals surface area contributed by atoms with Crippen LogP contribution in [0.5, 0.6) is 0 Å². The molecule has 2 aromatic rings. The van der Waals surface area contributed by atoms with Crippen LogP contribution < -0.4 is 5.32 Å². The fourth-order valence-corrected chi connectivity index (χ4v) is 3.61. The number of carbonyl (C=O) groups is 1. The van der Waals surface area contributed by atoms with Crippen molar-refractivity contribution in [3.8, 4) is 10.6 Å². The molecule has 25 heavy (non-hydrogen) atoms. The summed E-state index contributed by atoms with van der Waals surface area (Å²) < 4.78 is 0. The second-order valence-electron chi connectivity index (χ2n) is 6.37. The molecule has 7 heteroatoms. The van der Waals surface area contributed by atoms with Crippen molar-refractivity contribution in [1.29, 1.82) is 0 Å². The van der Waals surface area contributed by atoms with E-state index in [1.807, 2.05) is 10.3 Å². The highest BCUT2D eigenvalue weighted by molar-refractivity contribution is 7.13. The van der Waals surface area contributed by atoms with E-state index in [0.717, 1.165) is 30.2 Å². The van der Waals surface area contributed by atoms with Crippen LogP contribution in [0.3, 0.4) is 0 Å². The van der Waals surface area contributed by atoms with Gasteiger partial charge in [-0.3, -0.25) is 4.79 Å². The van der Waals surface area contributed by atoms with Crippen molar-refractivity contribution in [3.05, 3.63) is 40.9 Å². The molecule has 0 aliphatic carbocycles. The maximum absolute atomic E-state index is 12.6. The smallest absolute Gasteiger partial charge is 0.273 e. The van der Waals surface area contributed by atoms with Crippen LogP contribution in [-0.4, -0.2) is 41.5 Å². The molecular weight excluding hydrogens is 377 g/mol. The summed E-state index contributed by atoms with van der Waals surface area (Å²) in [4.78, 5) is 19.1. The van der Waals surface area contributed by atoms with E-state index in [-0.39, 0.29) is 36.8 Å². The number of halogens is 2. The second-order valence-corrected chi connectivity index (χ2v) is 7.22. The van der Waals surface area contributed by atoms with Crippen LogP contribution in [0, 0.1) is 0 Å². The van der Waals surface area contributed by atoms with Gasteiger partial charge in [0.25, 0.3) is 5.91 Å². The molecule has 1 fully saturated rings. The van der Waals surface area contributed by atoms with Gasteiger partial charge in [0.15, 0.2) is 0 Å². The third kappa shape index (κ3) is 4.94. The molecule has 1 saturated heterocycles. The Balaban J connectivity index is 0.00000156. The van der Waals surface area contributed by atoms with Crippen molar-refractivity contribution in [2.45, 2.75) is 32.7 Å². The zero-order chi connectivity index (χ0) is 16.4. The quantitative estimate of drug-likeness (QED) is 0.837. The Kier molecular flexibility index (Phi) is 8.35. The lowest BCUT2D eigenvalue weighted by molar-refractivity contribution is 0.0650. The van der Waals surface area contributed by atoms with Gasteiger partial charge < -0.3 is 10.2 Å². The lowest BCUT2D eigenvalue weighted by Crippen LogP contribution is -2.52. The van der Waals surface area contributed by atoms with E-state index in [4.69, 9.17) is 0 Å². The maximum Gasteiger partial charge on any atom is 0.273 e. The zero-order valence-corrected chi connectivity index (χ0v) is 17.1. The number of hydrogen-bond donors (Lipinski definition) is 1. The Bertz CT molecular complexity index is 688. The number of carbonyl (C=O) groups excluding carboxylic acids is 1. The van der Waals surface area contributed by atoms with Crippen LogP contribution in [0.2, 0.25) is 0 Å². The van der Waals surface area contributed by atoms with Crippen molar-refractivity contribution >= 4 is 42.1 Å². The van der Waals surface area contributed by atoms with E-state index in [0.29, 0.717) is 11.6 Å². The van der Waals surface area contributed by atoms with Gasteiger partial charge in [-0.05, 0) is 18.4 Å². The van der Waals surface area contributed by atoms with Crippen molar-refractivity contribution in [3.63, 3.8) is 0 Å². The number of nitrogens with zero attached hydrogens (tertiary/aromatic N) is 2. The normalized spacial score (nSPS) is 17.0. The number of aromatic nitrogens is 1. The fourth-order valence-electron chi connectivity index (χ4n) is 2.81. The molecule has 1 N–H and O–H groups in total. The standard InChI is InChI=1S/C18H23N3OS.2ClH/c1-12(2)14-4-6-15(7-5-14)17-20-16(11-23-17)18(22)21-9-8-19-10-13(21)3;;/h4-7,11-13,19H,8-10H2,1-3H3;2*1H/t13-;;/m1../s1. The molecule has 1 aliphatic heterocycles. The average molecular weight is 402 g/mol. The van der Waals surface area contributed by atoms with Crippen LogP contribution in [0.25, 0.3) is 10.6 Å². The first-order chi connectivity index (χ1) is 11.1. The largest absolute Gasteiger partial charge is 0.332 e. The van der Waals surface area contributed by atoms with E-state index in [2.05, 4.69) is 55.3 Å². The van der Waals surface area contributed by atoms with Gasteiger partial charge in [-0.2, -0.15) is 0 Å². The summed E-state index contributed by atoms with van der Waals surface area (Å²) in [6.07, 6.45) is 0. The number of piperazine rings is 1. The van der Waals surface area contributed by atoms with Gasteiger partial charge in [-0.1, -0.05) is 38.1 Å². The summed E-state index contributed by atoms with van der Waals surface area (Å²) in [5.74, 6) is 0.562. The van der Waals surface area contributed by atoms with Crippen LogP contribution in [0.15, 0.2) is 29.6 Å². The Morgan fingerprint density at radius 1 is 1.28 bits per heavy atom. The molecule has 0 unspecified atom stereocenters. The Morgan fingerprint density at radius 3 is 2.56 bits per heavy atom. The number of amides is 1. The third-order valence-electron chi connectivity index (χ3n) is 4.31. The van der Waals surface area contributed by atoms with Gasteiger partial charge in [0.05, 0.1) is 0 Å². The third-order valence-corrected chi connectivity index (χ3v) is 5.20. The van der Waals surface area contributed by atoms with Gasteiger partial charge >= 0.3 is 0 Å². The SMILES string of the molecule is CC(C)c1ccc(-c2nc(C(=O)N3CCNC[C@H]3C)cs2)cc1.Cl.Cl. The number of nitrogens with one attached hydrogen (secondary N) is 1. The molecule has 2 heterocycles. The summed E-state index contributed by atoms with van der Waals surface area (Å²) >= 11 is 1.54. The van der Waals surface area contributed by atoms with Crippen molar-refractivity contribution < 1.29 is 4.79 Å². The molecule has 0 radical (unpaired) electrons. The number of benzene rings is 1. The summed E-state index contributed by atoms with van der Waals surface area (Å²) in [5.41, 5.74) is 2.95. The first-order valence-electron chi connectivity index (χ1n) is 8.14. The van der Waals surface area contributed by atoms with Crippen LogP contribution in [0.4, 0.5) is 0 Å². The van der Waals surface area contributed by atoms with Crippen LogP contribution in [-0.2, 0) is 0 Å². The van der Waals surface area contributed by atoms with Crippen molar-refractivity contribution in [2.75, 3.05) is 19.6 Å². The van der Waals surface area contributed by atoms with E-state index in [1.165, 1.54) is 16.9 Å². The van der Waals surface area contributed by atoms with Crippen molar-refractivity contribution in [1.82, 2.24) is 15.2 Å². The lowest BCUT2D eigenvalue weighted by atomic mass is 10.0. The molecule has 0 bridgehead atoms. The predicted molar refractivity (Wildman–Crippen MR) is 110 cm³/mol. The first-order valence-corrected chi connectivity index (χ1v) is 9.01. The minimum atomic E-state index is 0. The monoisotopic (exact) mass is 401 g/mol. The van der Waals surface area contributed by atoms with Gasteiger partial charge in [0.2, 0.25) is 0 Å². The molecule has 1 aromatic carbocycles. The first kappa shape index (κ1) is 21.9. The lowest BCUT2D eigenvalue weighted by Gasteiger charge is -2.33. The summed E-state index contributed by atoms with van der Waals surface area (Å²) in [6, 6.07) is 8.68. The average Bonchev–Trinajstić information content (AvgIpc) is 3.05.